The number of aliphatic carboxylic acids is 1. The number of nitrogens with two attached hydrogens (primary N) is 1. The number of Topliss-reactive ketones (excluding diaryl/α,β-unsaturated/α-hetero) is 1. The Morgan fingerprint density at radius 3 is 1.42 bits per heavy atom. The molecule has 9 N–H and O–H groups in total. The Morgan fingerprint density at radius 2 is 0.966 bits per heavy atom. The number of primary amides is 1. The standard InChI is InChI=1S/C41H76N6O12/c1-43-34(36(49)30-47-35(31-48)41(42)55)18-16-17-21-44-38(51)32-58-28-27-57-25-23-46-39(52)33-59-29-26-56-24-22-45-37(50)19-14-12-10-8-6-4-2-3-5-7-9-11-13-15-20-40(53)54/h1,34-35,43,47-48H,2-33H2,(H2,42,55)(H,44,51)(H,45,50)(H,46,52)(H,53,54)/t34-,35-/m0/s1. The summed E-state index contributed by atoms with van der Waals surface area (Å²) >= 11 is 0. The average molecular weight is 845 g/mol. The van der Waals surface area contributed by atoms with Crippen molar-refractivity contribution in [3.8, 4) is 0 Å². The molecule has 59 heavy (non-hydrogen) atoms. The molecular weight excluding hydrogens is 768 g/mol. The number of unbranched alkanes of at least 4 members (excludes halogenated alkanes) is 14. The van der Waals surface area contributed by atoms with Crippen LogP contribution in [0.1, 0.15) is 122 Å². The molecule has 2 radical (unpaired) electrons. The summed E-state index contributed by atoms with van der Waals surface area (Å²) in [6.07, 6.45) is 18.5. The summed E-state index contributed by atoms with van der Waals surface area (Å²) in [5, 5.41) is 31.0. The van der Waals surface area contributed by atoms with Gasteiger partial charge in [0, 0.05) is 39.5 Å². The van der Waals surface area contributed by atoms with Crippen molar-refractivity contribution in [2.75, 3.05) is 85.6 Å². The SMILES string of the molecule is [CH]N[C@@H](CCCCNC(=O)COCCOCCNC(=O)COCCOCCNC(=O)CCCCCCCCCCCCCCCCC(=O)O)C(=O)CN[C@@H](CO)C(N)=O. The summed E-state index contributed by atoms with van der Waals surface area (Å²) in [5.74, 6) is -2.28. The molecule has 0 aliphatic carbocycles. The molecule has 0 spiro atoms. The number of carboxylic acids is 1. The molecule has 0 rings (SSSR count). The first-order valence-corrected chi connectivity index (χ1v) is 21.6. The van der Waals surface area contributed by atoms with Crippen LogP contribution in [0.25, 0.3) is 0 Å². The lowest BCUT2D eigenvalue weighted by Gasteiger charge is -2.17. The number of aliphatic hydroxyl groups excluding tert-OH is 1. The summed E-state index contributed by atoms with van der Waals surface area (Å²) in [5.41, 5.74) is 5.12. The minimum absolute atomic E-state index is 0.0326. The van der Waals surface area contributed by atoms with E-state index in [1.54, 1.807) is 0 Å². The maximum absolute atomic E-state index is 12.2. The number of rotatable bonds is 45. The molecule has 0 saturated carbocycles. The van der Waals surface area contributed by atoms with Gasteiger partial charge in [0.15, 0.2) is 5.78 Å². The second-order valence-electron chi connectivity index (χ2n) is 14.4. The van der Waals surface area contributed by atoms with E-state index >= 15 is 0 Å². The predicted octanol–water partition coefficient (Wildman–Crippen LogP) is 1.53. The highest BCUT2D eigenvalue weighted by molar-refractivity contribution is 5.87. The van der Waals surface area contributed by atoms with Gasteiger partial charge in [0.1, 0.15) is 19.3 Å². The van der Waals surface area contributed by atoms with Crippen LogP contribution in [-0.4, -0.2) is 143 Å². The lowest BCUT2D eigenvalue weighted by molar-refractivity contribution is -0.137. The third kappa shape index (κ3) is 38.7. The lowest BCUT2D eigenvalue weighted by atomic mass is 10.0. The van der Waals surface area contributed by atoms with Gasteiger partial charge in [-0.05, 0) is 32.1 Å². The Bertz CT molecular complexity index is 1100. The predicted molar refractivity (Wildman–Crippen MR) is 222 cm³/mol. The average Bonchev–Trinajstić information content (AvgIpc) is 3.20. The molecule has 0 aliphatic rings. The summed E-state index contributed by atoms with van der Waals surface area (Å²) < 4.78 is 21.4. The van der Waals surface area contributed by atoms with Gasteiger partial charge in [-0.3, -0.25) is 34.1 Å². The van der Waals surface area contributed by atoms with Gasteiger partial charge in [-0.15, -0.1) is 0 Å². The van der Waals surface area contributed by atoms with Crippen LogP contribution < -0.4 is 32.3 Å². The van der Waals surface area contributed by atoms with E-state index in [1.807, 2.05) is 0 Å². The van der Waals surface area contributed by atoms with E-state index in [-0.39, 0.29) is 76.1 Å². The molecule has 2 atom stereocenters. The molecule has 0 heterocycles. The Morgan fingerprint density at radius 1 is 0.525 bits per heavy atom. The largest absolute Gasteiger partial charge is 0.481 e. The zero-order valence-corrected chi connectivity index (χ0v) is 35.4. The molecule has 0 fully saturated rings. The van der Waals surface area contributed by atoms with E-state index in [4.69, 9.17) is 41.9 Å². The van der Waals surface area contributed by atoms with Crippen LogP contribution in [-0.2, 0) is 47.7 Å². The molecule has 18 nitrogen and oxygen atoms in total. The number of ketones is 1. The fourth-order valence-corrected chi connectivity index (χ4v) is 5.81. The third-order valence-corrected chi connectivity index (χ3v) is 9.27. The molecule has 0 aromatic rings. The van der Waals surface area contributed by atoms with Gasteiger partial charge in [0.25, 0.3) is 0 Å². The number of aliphatic hydroxyl groups is 1. The lowest BCUT2D eigenvalue weighted by Crippen LogP contribution is -2.48. The van der Waals surface area contributed by atoms with Crippen LogP contribution in [0.15, 0.2) is 0 Å². The number of carbonyl (C=O) groups is 6. The summed E-state index contributed by atoms with van der Waals surface area (Å²) in [6.45, 7) is 1.81. The van der Waals surface area contributed by atoms with Crippen molar-refractivity contribution < 1.29 is 57.9 Å². The zero-order chi connectivity index (χ0) is 43.6. The highest BCUT2D eigenvalue weighted by Gasteiger charge is 2.20. The summed E-state index contributed by atoms with van der Waals surface area (Å²) in [4.78, 5) is 69.7. The van der Waals surface area contributed by atoms with Crippen LogP contribution in [0.4, 0.5) is 0 Å². The first kappa shape index (κ1) is 55.7. The van der Waals surface area contributed by atoms with Gasteiger partial charge in [0.2, 0.25) is 23.6 Å². The number of hydrogen-bond donors (Lipinski definition) is 8. The van der Waals surface area contributed by atoms with Crippen LogP contribution in [0, 0.1) is 7.05 Å². The highest BCUT2D eigenvalue weighted by Crippen LogP contribution is 2.14. The molecule has 4 amide bonds. The third-order valence-electron chi connectivity index (χ3n) is 9.27. The van der Waals surface area contributed by atoms with E-state index in [0.717, 1.165) is 38.5 Å². The van der Waals surface area contributed by atoms with E-state index in [1.165, 1.54) is 51.4 Å². The van der Waals surface area contributed by atoms with Crippen molar-refractivity contribution in [1.82, 2.24) is 26.6 Å². The Balaban J connectivity index is 3.47. The maximum atomic E-state index is 12.2. The van der Waals surface area contributed by atoms with Gasteiger partial charge in [-0.1, -0.05) is 77.0 Å². The zero-order valence-electron chi connectivity index (χ0n) is 35.4. The van der Waals surface area contributed by atoms with Gasteiger partial charge in [0.05, 0.1) is 58.8 Å². The second-order valence-corrected chi connectivity index (χ2v) is 14.4. The van der Waals surface area contributed by atoms with Crippen molar-refractivity contribution in [1.29, 1.82) is 0 Å². The van der Waals surface area contributed by atoms with E-state index in [9.17, 15) is 28.8 Å². The molecular formula is C41H76N6O12. The van der Waals surface area contributed by atoms with Gasteiger partial charge in [-0.2, -0.15) is 0 Å². The fourth-order valence-electron chi connectivity index (χ4n) is 5.81. The molecule has 0 saturated heterocycles. The molecule has 0 aromatic carbocycles. The monoisotopic (exact) mass is 845 g/mol. The molecule has 0 unspecified atom stereocenters. The molecule has 0 aliphatic heterocycles. The number of ether oxygens (including phenoxy) is 4. The van der Waals surface area contributed by atoms with Crippen LogP contribution in [0.2, 0.25) is 0 Å². The maximum Gasteiger partial charge on any atom is 0.303 e. The highest BCUT2D eigenvalue weighted by atomic mass is 16.5. The van der Waals surface area contributed by atoms with Crippen LogP contribution in [0.3, 0.4) is 0 Å². The molecule has 18 heteroatoms. The minimum Gasteiger partial charge on any atom is -0.481 e. The van der Waals surface area contributed by atoms with E-state index in [0.29, 0.717) is 58.5 Å². The smallest absolute Gasteiger partial charge is 0.303 e. The van der Waals surface area contributed by atoms with Gasteiger partial charge >= 0.3 is 5.97 Å². The number of carbonyl (C=O) groups excluding carboxylic acids is 5. The summed E-state index contributed by atoms with van der Waals surface area (Å²) in [7, 11) is 5.46. The summed E-state index contributed by atoms with van der Waals surface area (Å²) in [6, 6.07) is -1.67. The molecule has 0 aromatic heterocycles. The molecule has 0 bridgehead atoms. The molecule has 342 valence electrons. The van der Waals surface area contributed by atoms with Crippen LogP contribution in [0.5, 0.6) is 0 Å². The van der Waals surface area contributed by atoms with Crippen molar-refractivity contribution in [3.63, 3.8) is 0 Å². The number of nitrogens with one attached hydrogen (secondary N) is 5. The first-order valence-electron chi connectivity index (χ1n) is 21.6. The fraction of sp³-hybridized carbons (Fsp3) is 0.829. The van der Waals surface area contributed by atoms with E-state index < -0.39 is 30.6 Å². The Kier molecular flexibility index (Phi) is 39.2. The minimum atomic E-state index is -1.01. The Hall–Kier alpha value is -3.26. The second kappa shape index (κ2) is 41.5. The number of hydrogen-bond acceptors (Lipinski definition) is 13. The van der Waals surface area contributed by atoms with Crippen molar-refractivity contribution >= 4 is 35.4 Å². The van der Waals surface area contributed by atoms with Crippen molar-refractivity contribution in [3.05, 3.63) is 7.05 Å². The first-order chi connectivity index (χ1) is 28.6. The van der Waals surface area contributed by atoms with Gasteiger partial charge < -0.3 is 56.2 Å². The number of carboxylic acid groups (broad SMARTS) is 1. The van der Waals surface area contributed by atoms with Gasteiger partial charge in [-0.25, -0.2) is 0 Å². The van der Waals surface area contributed by atoms with E-state index in [2.05, 4.69) is 26.6 Å². The van der Waals surface area contributed by atoms with Crippen molar-refractivity contribution in [2.45, 2.75) is 134 Å². The van der Waals surface area contributed by atoms with Crippen LogP contribution >= 0.6 is 0 Å². The van der Waals surface area contributed by atoms with Crippen molar-refractivity contribution in [2.24, 2.45) is 5.73 Å². The quantitative estimate of drug-likeness (QED) is 0.0319. The Labute approximate surface area is 351 Å². The topological polar surface area (TPSA) is 266 Å². The normalized spacial score (nSPS) is 12.2. The number of amides is 4.